The molecule has 3 heterocycles. The van der Waals surface area contributed by atoms with Gasteiger partial charge in [-0.15, -0.1) is 11.3 Å². The van der Waals surface area contributed by atoms with Gasteiger partial charge in [0, 0.05) is 36.8 Å². The minimum atomic E-state index is -4.87. The summed E-state index contributed by atoms with van der Waals surface area (Å²) in [5.41, 5.74) is 4.99. The van der Waals surface area contributed by atoms with E-state index < -0.39 is 12.1 Å². The van der Waals surface area contributed by atoms with Crippen LogP contribution in [0.4, 0.5) is 24.0 Å². The molecule has 1 aliphatic carbocycles. The van der Waals surface area contributed by atoms with E-state index in [1.165, 1.54) is 12.8 Å². The minimum absolute atomic E-state index is 0.0154. The van der Waals surface area contributed by atoms with Crippen molar-refractivity contribution < 1.29 is 18.0 Å². The summed E-state index contributed by atoms with van der Waals surface area (Å²) >= 11 is 8.03. The molecule has 0 spiro atoms. The van der Waals surface area contributed by atoms with E-state index in [9.17, 15) is 18.0 Å². The van der Waals surface area contributed by atoms with Gasteiger partial charge in [-0.05, 0) is 60.9 Å². The smallest absolute Gasteiger partial charge is 0.378 e. The third-order valence-corrected chi connectivity index (χ3v) is 7.60. The van der Waals surface area contributed by atoms with Crippen molar-refractivity contribution in [1.29, 1.82) is 0 Å². The summed E-state index contributed by atoms with van der Waals surface area (Å²) in [6, 6.07) is 7.44. The van der Waals surface area contributed by atoms with E-state index in [0.717, 1.165) is 50.6 Å². The van der Waals surface area contributed by atoms with E-state index in [0.29, 0.717) is 23.7 Å². The SMILES string of the molecule is O=C(N1CCc2ccc(Cl)c(NCc3ccc(-c4csc(NCC5CC5)n4)cn3)c2CC1)C(F)(F)F. The van der Waals surface area contributed by atoms with Crippen LogP contribution < -0.4 is 10.6 Å². The maximum absolute atomic E-state index is 12.9. The molecule has 190 valence electrons. The third-order valence-electron chi connectivity index (χ3n) is 6.48. The lowest BCUT2D eigenvalue weighted by Crippen LogP contribution is -2.42. The number of anilines is 2. The lowest BCUT2D eigenvalue weighted by Gasteiger charge is -2.21. The molecule has 6 nitrogen and oxygen atoms in total. The van der Waals surface area contributed by atoms with E-state index in [1.54, 1.807) is 23.6 Å². The van der Waals surface area contributed by atoms with Crippen LogP contribution in [0.3, 0.4) is 0 Å². The Labute approximate surface area is 215 Å². The molecule has 11 heteroatoms. The fourth-order valence-corrected chi connectivity index (χ4v) is 5.24. The second kappa shape index (κ2) is 10.3. The van der Waals surface area contributed by atoms with Gasteiger partial charge >= 0.3 is 12.1 Å². The summed E-state index contributed by atoms with van der Waals surface area (Å²) in [6.45, 7) is 1.37. The van der Waals surface area contributed by atoms with Crippen molar-refractivity contribution in [2.45, 2.75) is 38.4 Å². The molecule has 0 radical (unpaired) electrons. The molecule has 2 aliphatic rings. The van der Waals surface area contributed by atoms with Gasteiger partial charge < -0.3 is 15.5 Å². The number of alkyl halides is 3. The zero-order valence-electron chi connectivity index (χ0n) is 19.4. The van der Waals surface area contributed by atoms with Crippen LogP contribution in [0, 0.1) is 5.92 Å². The predicted molar refractivity (Wildman–Crippen MR) is 135 cm³/mol. The molecule has 0 unspecified atom stereocenters. The zero-order chi connectivity index (χ0) is 25.3. The van der Waals surface area contributed by atoms with Gasteiger partial charge in [0.25, 0.3) is 0 Å². The van der Waals surface area contributed by atoms with Gasteiger partial charge in [-0.25, -0.2) is 4.98 Å². The average Bonchev–Trinajstić information content (AvgIpc) is 3.61. The topological polar surface area (TPSA) is 70.2 Å². The van der Waals surface area contributed by atoms with Gasteiger partial charge in [-0.2, -0.15) is 13.2 Å². The van der Waals surface area contributed by atoms with Gasteiger partial charge in [-0.3, -0.25) is 9.78 Å². The van der Waals surface area contributed by atoms with Crippen molar-refractivity contribution in [3.8, 4) is 11.3 Å². The predicted octanol–water partition coefficient (Wildman–Crippen LogP) is 5.78. The number of nitrogens with zero attached hydrogens (tertiary/aromatic N) is 3. The van der Waals surface area contributed by atoms with Crippen molar-refractivity contribution in [3.63, 3.8) is 0 Å². The number of fused-ring (bicyclic) bond motifs is 1. The number of carbonyl (C=O) groups excluding carboxylic acids is 1. The first kappa shape index (κ1) is 24.8. The zero-order valence-corrected chi connectivity index (χ0v) is 20.9. The second-order valence-corrected chi connectivity index (χ2v) is 10.4. The van der Waals surface area contributed by atoms with Crippen LogP contribution in [0.5, 0.6) is 0 Å². The number of aromatic nitrogens is 2. The Kier molecular flexibility index (Phi) is 7.07. The van der Waals surface area contributed by atoms with E-state index in [1.807, 2.05) is 23.6 Å². The molecule has 1 amide bonds. The van der Waals surface area contributed by atoms with Crippen LogP contribution in [0.1, 0.15) is 29.7 Å². The monoisotopic (exact) mass is 535 g/mol. The molecule has 0 atom stereocenters. The van der Waals surface area contributed by atoms with Crippen molar-refractivity contribution in [1.82, 2.24) is 14.9 Å². The normalized spacial score (nSPS) is 15.8. The van der Waals surface area contributed by atoms with E-state index in [-0.39, 0.29) is 19.5 Å². The summed E-state index contributed by atoms with van der Waals surface area (Å²) in [6.07, 6.45) is 0.106. The van der Waals surface area contributed by atoms with Gasteiger partial charge in [0.1, 0.15) is 0 Å². The first-order valence-electron chi connectivity index (χ1n) is 11.8. The Morgan fingerprint density at radius 1 is 1.14 bits per heavy atom. The number of rotatable bonds is 7. The van der Waals surface area contributed by atoms with Gasteiger partial charge in [0.2, 0.25) is 0 Å². The highest BCUT2D eigenvalue weighted by atomic mass is 35.5. The van der Waals surface area contributed by atoms with Crippen LogP contribution in [0.15, 0.2) is 35.8 Å². The average molecular weight is 536 g/mol. The first-order valence-corrected chi connectivity index (χ1v) is 13.1. The van der Waals surface area contributed by atoms with Gasteiger partial charge in [-0.1, -0.05) is 17.7 Å². The third kappa shape index (κ3) is 5.75. The summed E-state index contributed by atoms with van der Waals surface area (Å²) in [5.74, 6) is -1.02. The summed E-state index contributed by atoms with van der Waals surface area (Å²) in [7, 11) is 0. The number of carbonyl (C=O) groups is 1. The number of hydrogen-bond acceptors (Lipinski definition) is 6. The fraction of sp³-hybridized carbons (Fsp3) is 0.400. The van der Waals surface area contributed by atoms with E-state index >= 15 is 0 Å². The lowest BCUT2D eigenvalue weighted by atomic mass is 10.0. The molecule has 2 aromatic heterocycles. The Bertz CT molecular complexity index is 1240. The highest BCUT2D eigenvalue weighted by Gasteiger charge is 2.42. The summed E-state index contributed by atoms with van der Waals surface area (Å²) < 4.78 is 38.7. The molecule has 3 aromatic rings. The largest absolute Gasteiger partial charge is 0.471 e. The van der Waals surface area contributed by atoms with Crippen LogP contribution in [0.2, 0.25) is 5.02 Å². The maximum atomic E-state index is 12.9. The van der Waals surface area contributed by atoms with Crippen LogP contribution in [-0.4, -0.2) is 46.6 Å². The Hall–Kier alpha value is -2.85. The van der Waals surface area contributed by atoms with E-state index in [4.69, 9.17) is 11.6 Å². The van der Waals surface area contributed by atoms with E-state index in [2.05, 4.69) is 20.6 Å². The van der Waals surface area contributed by atoms with Crippen molar-refractivity contribution in [2.24, 2.45) is 5.92 Å². The molecule has 0 saturated heterocycles. The summed E-state index contributed by atoms with van der Waals surface area (Å²) in [5, 5.41) is 10.1. The maximum Gasteiger partial charge on any atom is 0.471 e. The van der Waals surface area contributed by atoms with Crippen molar-refractivity contribution >= 4 is 39.7 Å². The Balaban J connectivity index is 1.24. The lowest BCUT2D eigenvalue weighted by molar-refractivity contribution is -0.185. The van der Waals surface area contributed by atoms with Crippen LogP contribution >= 0.6 is 22.9 Å². The summed E-state index contributed by atoms with van der Waals surface area (Å²) in [4.78, 5) is 21.8. The molecule has 1 saturated carbocycles. The molecule has 5 rings (SSSR count). The number of halogens is 4. The molecule has 1 fully saturated rings. The number of nitrogens with one attached hydrogen (secondary N) is 2. The van der Waals surface area contributed by atoms with Crippen LogP contribution in [0.25, 0.3) is 11.3 Å². The number of thiazole rings is 1. The molecule has 36 heavy (non-hydrogen) atoms. The molecule has 2 N–H and O–H groups in total. The van der Waals surface area contributed by atoms with Crippen molar-refractivity contribution in [3.05, 3.63) is 57.7 Å². The second-order valence-electron chi connectivity index (χ2n) is 9.10. The van der Waals surface area contributed by atoms with Crippen molar-refractivity contribution in [2.75, 3.05) is 30.3 Å². The van der Waals surface area contributed by atoms with Gasteiger partial charge in [0.05, 0.1) is 28.6 Å². The molecule has 0 bridgehead atoms. The minimum Gasteiger partial charge on any atom is -0.378 e. The number of amides is 1. The standard InChI is InChI=1S/C25H25ClF3N5OS/c26-20-6-4-16-7-9-34(23(35)25(27,28)29)10-8-19(16)22(20)31-13-18-5-3-17(12-30-18)21-14-36-24(33-21)32-11-15-1-2-15/h3-6,12,14-15,31H,1-2,7-11,13H2,(H,32,33). The first-order chi connectivity index (χ1) is 17.3. The Morgan fingerprint density at radius 2 is 1.94 bits per heavy atom. The Morgan fingerprint density at radius 3 is 2.67 bits per heavy atom. The molecular formula is C25H25ClF3N5OS. The molecular weight excluding hydrogens is 511 g/mol. The number of pyridine rings is 1. The number of benzene rings is 1. The molecule has 1 aromatic carbocycles. The molecule has 1 aliphatic heterocycles. The van der Waals surface area contributed by atoms with Crippen LogP contribution in [-0.2, 0) is 24.2 Å². The quantitative estimate of drug-likeness (QED) is 0.401. The highest BCUT2D eigenvalue weighted by molar-refractivity contribution is 7.14. The van der Waals surface area contributed by atoms with Gasteiger partial charge in [0.15, 0.2) is 5.13 Å². The fourth-order valence-electron chi connectivity index (χ4n) is 4.27. The highest BCUT2D eigenvalue weighted by Crippen LogP contribution is 2.33. The number of hydrogen-bond donors (Lipinski definition) is 2.